The predicted molar refractivity (Wildman–Crippen MR) is 82.6 cm³/mol. The summed E-state index contributed by atoms with van der Waals surface area (Å²) in [5.41, 5.74) is 3.11. The fourth-order valence-electron chi connectivity index (χ4n) is 1.68. The maximum absolute atomic E-state index is 11.8. The molecule has 0 saturated carbocycles. The van der Waals surface area contributed by atoms with Crippen LogP contribution in [0.4, 0.5) is 5.69 Å². The van der Waals surface area contributed by atoms with Crippen LogP contribution in [0.25, 0.3) is 0 Å². The summed E-state index contributed by atoms with van der Waals surface area (Å²) < 4.78 is 1.10. The van der Waals surface area contributed by atoms with Crippen molar-refractivity contribution >= 4 is 39.9 Å². The fraction of sp³-hybridized carbons (Fsp3) is 0.462. The molecule has 5 heteroatoms. The van der Waals surface area contributed by atoms with E-state index in [0.29, 0.717) is 6.54 Å². The first kappa shape index (κ1) is 17.4. The zero-order chi connectivity index (χ0) is 13.0. The standard InChI is InChI=1S/C13H19BrN2O.ClH/c1-8-5-11(6-9(2)12(8)14)16-13(17)10(3)7-15-4;/h5-6,10,15H,7H2,1-4H3,(H,16,17);1H. The molecule has 0 spiro atoms. The van der Waals surface area contributed by atoms with Crippen molar-refractivity contribution in [1.29, 1.82) is 0 Å². The van der Waals surface area contributed by atoms with E-state index in [1.54, 1.807) is 0 Å². The Hall–Kier alpha value is -0.580. The minimum atomic E-state index is -0.0377. The molecule has 1 rings (SSSR count). The average molecular weight is 336 g/mol. The Morgan fingerprint density at radius 1 is 1.33 bits per heavy atom. The zero-order valence-corrected chi connectivity index (χ0v) is 13.5. The number of hydrogen-bond donors (Lipinski definition) is 2. The van der Waals surface area contributed by atoms with Crippen molar-refractivity contribution in [2.75, 3.05) is 18.9 Å². The summed E-state index contributed by atoms with van der Waals surface area (Å²) in [7, 11) is 1.84. The summed E-state index contributed by atoms with van der Waals surface area (Å²) in [6.45, 7) is 6.62. The highest BCUT2D eigenvalue weighted by Crippen LogP contribution is 2.25. The first-order chi connectivity index (χ1) is 7.95. The Kier molecular flexibility index (Phi) is 7.52. The number of nitrogens with one attached hydrogen (secondary N) is 2. The van der Waals surface area contributed by atoms with Crippen molar-refractivity contribution in [2.24, 2.45) is 5.92 Å². The Bertz CT molecular complexity index is 400. The van der Waals surface area contributed by atoms with Gasteiger partial charge in [-0.05, 0) is 44.2 Å². The quantitative estimate of drug-likeness (QED) is 0.886. The summed E-state index contributed by atoms with van der Waals surface area (Å²) in [5.74, 6) is 0.00438. The minimum absolute atomic E-state index is 0. The van der Waals surface area contributed by atoms with E-state index < -0.39 is 0 Å². The van der Waals surface area contributed by atoms with Crippen LogP contribution in [-0.2, 0) is 4.79 Å². The highest BCUT2D eigenvalue weighted by atomic mass is 79.9. The van der Waals surface area contributed by atoms with E-state index in [2.05, 4.69) is 26.6 Å². The molecule has 0 heterocycles. The van der Waals surface area contributed by atoms with Gasteiger partial charge >= 0.3 is 0 Å². The molecule has 0 fully saturated rings. The van der Waals surface area contributed by atoms with Crippen molar-refractivity contribution in [2.45, 2.75) is 20.8 Å². The van der Waals surface area contributed by atoms with E-state index in [4.69, 9.17) is 0 Å². The number of carbonyl (C=O) groups is 1. The van der Waals surface area contributed by atoms with Gasteiger partial charge in [0.25, 0.3) is 0 Å². The number of carbonyl (C=O) groups excluding carboxylic acids is 1. The second kappa shape index (κ2) is 7.77. The number of benzene rings is 1. The van der Waals surface area contributed by atoms with Gasteiger partial charge in [0.2, 0.25) is 5.91 Å². The van der Waals surface area contributed by atoms with Gasteiger partial charge in [0.05, 0.1) is 0 Å². The van der Waals surface area contributed by atoms with E-state index in [1.807, 2.05) is 40.0 Å². The van der Waals surface area contributed by atoms with Gasteiger partial charge in [-0.3, -0.25) is 4.79 Å². The molecule has 2 N–H and O–H groups in total. The molecule has 3 nitrogen and oxygen atoms in total. The molecule has 18 heavy (non-hydrogen) atoms. The first-order valence-corrected chi connectivity index (χ1v) is 6.47. The van der Waals surface area contributed by atoms with Crippen LogP contribution in [0.2, 0.25) is 0 Å². The highest BCUT2D eigenvalue weighted by molar-refractivity contribution is 9.10. The number of halogens is 2. The van der Waals surface area contributed by atoms with Crippen LogP contribution < -0.4 is 10.6 Å². The fourth-order valence-corrected chi connectivity index (χ4v) is 1.91. The van der Waals surface area contributed by atoms with E-state index >= 15 is 0 Å². The summed E-state index contributed by atoms with van der Waals surface area (Å²) in [5, 5.41) is 5.93. The maximum Gasteiger partial charge on any atom is 0.228 e. The normalized spacial score (nSPS) is 11.6. The zero-order valence-electron chi connectivity index (χ0n) is 11.1. The molecule has 0 aliphatic carbocycles. The Balaban J connectivity index is 0.00000289. The van der Waals surface area contributed by atoms with E-state index in [0.717, 1.165) is 21.3 Å². The Labute approximate surface area is 123 Å². The largest absolute Gasteiger partial charge is 0.326 e. The molecule has 0 bridgehead atoms. The number of anilines is 1. The van der Waals surface area contributed by atoms with Crippen LogP contribution in [-0.4, -0.2) is 19.5 Å². The van der Waals surface area contributed by atoms with E-state index in [9.17, 15) is 4.79 Å². The molecule has 0 aliphatic rings. The first-order valence-electron chi connectivity index (χ1n) is 5.68. The van der Waals surface area contributed by atoms with Crippen molar-refractivity contribution in [3.8, 4) is 0 Å². The third kappa shape index (κ3) is 4.59. The van der Waals surface area contributed by atoms with Crippen molar-refractivity contribution in [3.05, 3.63) is 27.7 Å². The van der Waals surface area contributed by atoms with Crippen LogP contribution >= 0.6 is 28.3 Å². The van der Waals surface area contributed by atoms with Gasteiger partial charge in [-0.1, -0.05) is 22.9 Å². The predicted octanol–water partition coefficient (Wildman–Crippen LogP) is 3.28. The van der Waals surface area contributed by atoms with E-state index in [1.165, 1.54) is 0 Å². The average Bonchev–Trinajstić information content (AvgIpc) is 2.26. The molecule has 1 atom stereocenters. The topological polar surface area (TPSA) is 41.1 Å². The molecule has 0 aromatic heterocycles. The molecule has 1 unspecified atom stereocenters. The van der Waals surface area contributed by atoms with Crippen LogP contribution in [0.15, 0.2) is 16.6 Å². The third-order valence-corrected chi connectivity index (χ3v) is 3.91. The molecule has 1 amide bonds. The second-order valence-corrected chi connectivity index (χ2v) is 5.16. The summed E-state index contributed by atoms with van der Waals surface area (Å²) in [6, 6.07) is 3.95. The maximum atomic E-state index is 11.8. The highest BCUT2D eigenvalue weighted by Gasteiger charge is 2.12. The lowest BCUT2D eigenvalue weighted by Crippen LogP contribution is -2.28. The molecule has 1 aromatic carbocycles. The van der Waals surface area contributed by atoms with Crippen molar-refractivity contribution < 1.29 is 4.79 Å². The van der Waals surface area contributed by atoms with Gasteiger partial charge in [-0.25, -0.2) is 0 Å². The van der Waals surface area contributed by atoms with Crippen molar-refractivity contribution in [3.63, 3.8) is 0 Å². The minimum Gasteiger partial charge on any atom is -0.326 e. The lowest BCUT2D eigenvalue weighted by Gasteiger charge is -2.13. The van der Waals surface area contributed by atoms with Crippen LogP contribution in [0, 0.1) is 19.8 Å². The van der Waals surface area contributed by atoms with Gasteiger partial charge in [0.15, 0.2) is 0 Å². The van der Waals surface area contributed by atoms with Gasteiger partial charge in [-0.15, -0.1) is 12.4 Å². The van der Waals surface area contributed by atoms with Crippen LogP contribution in [0.1, 0.15) is 18.1 Å². The number of aryl methyl sites for hydroxylation is 2. The number of hydrogen-bond acceptors (Lipinski definition) is 2. The Morgan fingerprint density at radius 2 is 1.83 bits per heavy atom. The molecule has 1 aromatic rings. The second-order valence-electron chi connectivity index (χ2n) is 4.37. The van der Waals surface area contributed by atoms with Gasteiger partial charge < -0.3 is 10.6 Å². The number of amides is 1. The molecule has 102 valence electrons. The molecular weight excluding hydrogens is 316 g/mol. The molecule has 0 saturated heterocycles. The molecule has 0 aliphatic heterocycles. The lowest BCUT2D eigenvalue weighted by molar-refractivity contribution is -0.119. The van der Waals surface area contributed by atoms with Crippen LogP contribution in [0.5, 0.6) is 0 Å². The van der Waals surface area contributed by atoms with Crippen LogP contribution in [0.3, 0.4) is 0 Å². The van der Waals surface area contributed by atoms with Crippen molar-refractivity contribution in [1.82, 2.24) is 5.32 Å². The lowest BCUT2D eigenvalue weighted by atomic mass is 10.1. The smallest absolute Gasteiger partial charge is 0.228 e. The SMILES string of the molecule is CNCC(C)C(=O)Nc1cc(C)c(Br)c(C)c1.Cl. The van der Waals surface area contributed by atoms with E-state index in [-0.39, 0.29) is 24.2 Å². The van der Waals surface area contributed by atoms with Gasteiger partial charge in [0.1, 0.15) is 0 Å². The van der Waals surface area contributed by atoms with Gasteiger partial charge in [-0.2, -0.15) is 0 Å². The third-order valence-electron chi connectivity index (χ3n) is 2.66. The summed E-state index contributed by atoms with van der Waals surface area (Å²) in [6.07, 6.45) is 0. The monoisotopic (exact) mass is 334 g/mol. The summed E-state index contributed by atoms with van der Waals surface area (Å²) >= 11 is 3.51. The number of rotatable bonds is 4. The molecule has 0 radical (unpaired) electrons. The Morgan fingerprint density at radius 3 is 2.28 bits per heavy atom. The summed E-state index contributed by atoms with van der Waals surface area (Å²) in [4.78, 5) is 11.8. The molecular formula is C13H20BrClN2O. The van der Waals surface area contributed by atoms with Gasteiger partial charge in [0, 0.05) is 22.6 Å².